The highest BCUT2D eigenvalue weighted by Gasteiger charge is 2.29. The Morgan fingerprint density at radius 3 is 2.05 bits per heavy atom. The van der Waals surface area contributed by atoms with Crippen LogP contribution in [0.2, 0.25) is 0 Å². The number of rotatable bonds is 11. The fourth-order valence-electron chi connectivity index (χ4n) is 5.98. The monoisotopic (exact) mass is 566 g/mol. The number of amides is 2. The number of carboxylic acids is 1. The molecule has 42 heavy (non-hydrogen) atoms. The number of aliphatic imine (C=N–C) groups is 1. The number of hydrogen-bond acceptors (Lipinski definition) is 4. The SMILES string of the molecule is O=C(O)CCCCCc1ccc(CC(=NC(=O)OCC2c3ccccc3-c3ccccc32)C(=O)N2CCCCC2)cc1. The van der Waals surface area contributed by atoms with Crippen LogP contribution in [0.1, 0.15) is 73.1 Å². The van der Waals surface area contributed by atoms with Crippen molar-refractivity contribution >= 4 is 23.7 Å². The molecule has 1 aliphatic heterocycles. The minimum Gasteiger partial charge on any atom is -0.481 e. The number of unbranched alkanes of at least 4 members (excludes halogenated alkanes) is 2. The van der Waals surface area contributed by atoms with Crippen LogP contribution in [0, 0.1) is 0 Å². The van der Waals surface area contributed by atoms with Gasteiger partial charge in [-0.1, -0.05) is 79.2 Å². The van der Waals surface area contributed by atoms with Gasteiger partial charge in [0, 0.05) is 31.8 Å². The van der Waals surface area contributed by atoms with Gasteiger partial charge in [0.2, 0.25) is 0 Å². The number of piperidine rings is 1. The molecule has 0 bridgehead atoms. The molecule has 1 aliphatic carbocycles. The first-order valence-electron chi connectivity index (χ1n) is 15.0. The van der Waals surface area contributed by atoms with E-state index in [0.29, 0.717) is 19.5 Å². The van der Waals surface area contributed by atoms with Crippen molar-refractivity contribution in [3.8, 4) is 11.1 Å². The summed E-state index contributed by atoms with van der Waals surface area (Å²) in [5.74, 6) is -1.03. The molecule has 5 rings (SSSR count). The number of ether oxygens (including phenoxy) is 1. The van der Waals surface area contributed by atoms with E-state index in [0.717, 1.165) is 71.9 Å². The molecular formula is C35H38N2O5. The van der Waals surface area contributed by atoms with Crippen molar-refractivity contribution in [1.82, 2.24) is 4.90 Å². The van der Waals surface area contributed by atoms with Crippen LogP contribution in [0.5, 0.6) is 0 Å². The van der Waals surface area contributed by atoms with E-state index >= 15 is 0 Å². The van der Waals surface area contributed by atoms with Gasteiger partial charge in [0.1, 0.15) is 12.3 Å². The first kappa shape index (κ1) is 29.2. The molecule has 0 aromatic heterocycles. The lowest BCUT2D eigenvalue weighted by atomic mass is 9.98. The molecule has 0 radical (unpaired) electrons. The number of carbonyl (C=O) groups is 3. The second-order valence-corrected chi connectivity index (χ2v) is 11.2. The number of hydrogen-bond donors (Lipinski definition) is 1. The standard InChI is InChI=1S/C35H38N2O5/c38-33(39)16-4-1-3-11-25-17-19-26(20-18-25)23-32(34(40)37-21-9-2-10-22-37)36-35(41)42-24-31-29-14-7-5-12-27(29)28-13-6-8-15-30(28)31/h5-8,12-15,17-20,31H,1-4,9-11,16,21-24H2,(H,38,39). The Balaban J connectivity index is 1.26. The predicted octanol–water partition coefficient (Wildman–Crippen LogP) is 6.82. The Morgan fingerprint density at radius 1 is 0.786 bits per heavy atom. The summed E-state index contributed by atoms with van der Waals surface area (Å²) in [7, 11) is 0. The molecule has 1 saturated heterocycles. The van der Waals surface area contributed by atoms with Gasteiger partial charge in [-0.15, -0.1) is 0 Å². The average molecular weight is 567 g/mol. The third-order valence-corrected chi connectivity index (χ3v) is 8.20. The number of nitrogens with zero attached hydrogens (tertiary/aromatic N) is 2. The van der Waals surface area contributed by atoms with Crippen LogP contribution in [-0.2, 0) is 27.2 Å². The number of carboxylic acid groups (broad SMARTS) is 1. The Kier molecular flexibility index (Phi) is 9.80. The molecule has 2 amide bonds. The van der Waals surface area contributed by atoms with Crippen molar-refractivity contribution < 1.29 is 24.2 Å². The molecule has 3 aromatic carbocycles. The lowest BCUT2D eigenvalue weighted by molar-refractivity contribution is -0.137. The first-order valence-corrected chi connectivity index (χ1v) is 15.0. The van der Waals surface area contributed by atoms with Gasteiger partial charge < -0.3 is 14.7 Å². The van der Waals surface area contributed by atoms with Gasteiger partial charge in [-0.2, -0.15) is 4.99 Å². The van der Waals surface area contributed by atoms with E-state index in [-0.39, 0.29) is 37.0 Å². The number of carbonyl (C=O) groups excluding carboxylic acids is 2. The topological polar surface area (TPSA) is 96.3 Å². The molecule has 0 saturated carbocycles. The minimum absolute atomic E-state index is 0.0746. The lowest BCUT2D eigenvalue weighted by Gasteiger charge is -2.27. The quantitative estimate of drug-likeness (QED) is 0.203. The highest BCUT2D eigenvalue weighted by Crippen LogP contribution is 2.44. The summed E-state index contributed by atoms with van der Waals surface area (Å²) in [6.07, 6.45) is 6.05. The van der Waals surface area contributed by atoms with Gasteiger partial charge >= 0.3 is 12.1 Å². The van der Waals surface area contributed by atoms with E-state index < -0.39 is 12.1 Å². The van der Waals surface area contributed by atoms with Gasteiger partial charge in [0.05, 0.1) is 0 Å². The summed E-state index contributed by atoms with van der Waals surface area (Å²) < 4.78 is 5.71. The molecular weight excluding hydrogens is 528 g/mol. The van der Waals surface area contributed by atoms with E-state index in [1.807, 2.05) is 48.5 Å². The maximum absolute atomic E-state index is 13.5. The molecule has 1 N–H and O–H groups in total. The zero-order valence-electron chi connectivity index (χ0n) is 24.0. The van der Waals surface area contributed by atoms with E-state index in [9.17, 15) is 14.4 Å². The molecule has 7 heteroatoms. The number of benzene rings is 3. The Labute approximate surface area is 247 Å². The predicted molar refractivity (Wildman–Crippen MR) is 163 cm³/mol. The van der Waals surface area contributed by atoms with E-state index in [4.69, 9.17) is 9.84 Å². The summed E-state index contributed by atoms with van der Waals surface area (Å²) in [4.78, 5) is 43.3. The number of aryl methyl sites for hydroxylation is 1. The van der Waals surface area contributed by atoms with E-state index in [1.54, 1.807) is 4.90 Å². The van der Waals surface area contributed by atoms with Crippen molar-refractivity contribution in [3.05, 3.63) is 95.1 Å². The largest absolute Gasteiger partial charge is 0.481 e. The molecule has 1 fully saturated rings. The normalized spacial score (nSPS) is 14.8. The molecule has 0 unspecified atom stereocenters. The fourth-order valence-corrected chi connectivity index (χ4v) is 5.98. The van der Waals surface area contributed by atoms with Crippen molar-refractivity contribution in [2.45, 2.75) is 63.7 Å². The summed E-state index contributed by atoms with van der Waals surface area (Å²) >= 11 is 0. The Bertz CT molecular complexity index is 1390. The minimum atomic E-state index is -0.756. The van der Waals surface area contributed by atoms with E-state index in [1.165, 1.54) is 0 Å². The summed E-state index contributed by atoms with van der Waals surface area (Å²) in [5.41, 5.74) is 6.83. The second kappa shape index (κ2) is 14.1. The number of aliphatic carboxylic acids is 1. The van der Waals surface area contributed by atoms with Gasteiger partial charge in [-0.3, -0.25) is 9.59 Å². The maximum Gasteiger partial charge on any atom is 0.434 e. The number of fused-ring (bicyclic) bond motifs is 3. The third-order valence-electron chi connectivity index (χ3n) is 8.20. The fraction of sp³-hybridized carbons (Fsp3) is 0.371. The van der Waals surface area contributed by atoms with Gasteiger partial charge in [0.25, 0.3) is 5.91 Å². The second-order valence-electron chi connectivity index (χ2n) is 11.2. The number of likely N-dealkylation sites (tertiary alicyclic amines) is 1. The molecule has 218 valence electrons. The van der Waals surface area contributed by atoms with Crippen molar-refractivity contribution in [3.63, 3.8) is 0 Å². The molecule has 0 spiro atoms. The Morgan fingerprint density at radius 2 is 1.40 bits per heavy atom. The van der Waals surface area contributed by atoms with Crippen LogP contribution in [0.15, 0.2) is 77.8 Å². The van der Waals surface area contributed by atoms with Crippen LogP contribution < -0.4 is 0 Å². The summed E-state index contributed by atoms with van der Waals surface area (Å²) in [5, 5.41) is 8.79. The molecule has 1 heterocycles. The van der Waals surface area contributed by atoms with Crippen molar-refractivity contribution in [2.24, 2.45) is 4.99 Å². The maximum atomic E-state index is 13.5. The highest BCUT2D eigenvalue weighted by molar-refractivity contribution is 6.40. The zero-order chi connectivity index (χ0) is 29.3. The molecule has 7 nitrogen and oxygen atoms in total. The van der Waals surface area contributed by atoms with Crippen LogP contribution in [0.3, 0.4) is 0 Å². The third kappa shape index (κ3) is 7.32. The Hall–Kier alpha value is -4.26. The van der Waals surface area contributed by atoms with E-state index in [2.05, 4.69) is 29.3 Å². The highest BCUT2D eigenvalue weighted by atomic mass is 16.5. The van der Waals surface area contributed by atoms with Gasteiger partial charge in [0.15, 0.2) is 0 Å². The van der Waals surface area contributed by atoms with Gasteiger partial charge in [-0.05, 0) is 71.9 Å². The summed E-state index contributed by atoms with van der Waals surface area (Å²) in [6.45, 7) is 1.50. The first-order chi connectivity index (χ1) is 20.5. The van der Waals surface area contributed by atoms with Crippen molar-refractivity contribution in [1.29, 1.82) is 0 Å². The van der Waals surface area contributed by atoms with Crippen LogP contribution in [-0.4, -0.2) is 53.4 Å². The van der Waals surface area contributed by atoms with Crippen molar-refractivity contribution in [2.75, 3.05) is 19.7 Å². The summed E-state index contributed by atoms with van der Waals surface area (Å²) in [6, 6.07) is 24.4. The lowest BCUT2D eigenvalue weighted by Crippen LogP contribution is -2.41. The van der Waals surface area contributed by atoms with Gasteiger partial charge in [-0.25, -0.2) is 4.79 Å². The molecule has 2 aliphatic rings. The van der Waals surface area contributed by atoms with Crippen LogP contribution in [0.4, 0.5) is 4.79 Å². The smallest absolute Gasteiger partial charge is 0.434 e. The zero-order valence-corrected chi connectivity index (χ0v) is 24.0. The molecule has 3 aromatic rings. The average Bonchev–Trinajstić information content (AvgIpc) is 3.34. The molecule has 0 atom stereocenters. The van der Waals surface area contributed by atoms with Crippen LogP contribution in [0.25, 0.3) is 11.1 Å². The van der Waals surface area contributed by atoms with Crippen LogP contribution >= 0.6 is 0 Å².